The zero-order chi connectivity index (χ0) is 16.2. The number of benzene rings is 1. The summed E-state index contributed by atoms with van der Waals surface area (Å²) in [5.41, 5.74) is 1.66. The topological polar surface area (TPSA) is 67.1 Å². The molecule has 0 radical (unpaired) electrons. The third kappa shape index (κ3) is 2.85. The van der Waals surface area contributed by atoms with E-state index >= 15 is 0 Å². The van der Waals surface area contributed by atoms with Crippen molar-refractivity contribution in [2.45, 2.75) is 6.61 Å². The average Bonchev–Trinajstić information content (AvgIpc) is 3.08. The molecule has 0 aliphatic rings. The van der Waals surface area contributed by atoms with Crippen LogP contribution in [-0.2, 0) is 6.61 Å². The van der Waals surface area contributed by atoms with Gasteiger partial charge in [0, 0.05) is 12.1 Å². The summed E-state index contributed by atoms with van der Waals surface area (Å²) in [4.78, 5) is 4.15. The second-order valence-electron chi connectivity index (χ2n) is 4.70. The lowest BCUT2D eigenvalue weighted by Gasteiger charge is -2.14. The zero-order valence-corrected chi connectivity index (χ0v) is 13.1. The van der Waals surface area contributed by atoms with E-state index in [0.29, 0.717) is 29.6 Å². The minimum atomic E-state index is 0.333. The molecular formula is C16H17N3O4. The van der Waals surface area contributed by atoms with Gasteiger partial charge in [0.2, 0.25) is 5.75 Å². The van der Waals surface area contributed by atoms with Gasteiger partial charge in [-0.25, -0.2) is 9.50 Å². The predicted octanol–water partition coefficient (Wildman–Crippen LogP) is 2.33. The van der Waals surface area contributed by atoms with Crippen molar-refractivity contribution in [1.82, 2.24) is 14.6 Å². The van der Waals surface area contributed by atoms with E-state index < -0.39 is 0 Å². The molecule has 2 heterocycles. The Hall–Kier alpha value is -2.96. The lowest BCUT2D eigenvalue weighted by Crippen LogP contribution is -2.04. The van der Waals surface area contributed by atoms with Crippen LogP contribution < -0.4 is 18.9 Å². The molecule has 1 aromatic carbocycles. The summed E-state index contributed by atoms with van der Waals surface area (Å²) in [7, 11) is 4.70. The van der Waals surface area contributed by atoms with E-state index in [9.17, 15) is 0 Å². The van der Waals surface area contributed by atoms with E-state index in [-0.39, 0.29) is 0 Å². The number of hydrogen-bond donors (Lipinski definition) is 0. The van der Waals surface area contributed by atoms with Gasteiger partial charge in [0.1, 0.15) is 18.7 Å². The first-order valence-electron chi connectivity index (χ1n) is 6.97. The third-order valence-corrected chi connectivity index (χ3v) is 3.41. The highest BCUT2D eigenvalue weighted by molar-refractivity contribution is 5.55. The fourth-order valence-corrected chi connectivity index (χ4v) is 2.31. The molecule has 0 amide bonds. The van der Waals surface area contributed by atoms with Crippen LogP contribution in [0, 0.1) is 0 Å². The molecule has 0 unspecified atom stereocenters. The molecule has 3 rings (SSSR count). The number of nitrogens with zero attached hydrogens (tertiary/aromatic N) is 3. The number of ether oxygens (including phenoxy) is 4. The summed E-state index contributed by atoms with van der Waals surface area (Å²) < 4.78 is 23.5. The molecule has 0 saturated carbocycles. The van der Waals surface area contributed by atoms with E-state index in [4.69, 9.17) is 18.9 Å². The van der Waals surface area contributed by atoms with Crippen molar-refractivity contribution in [2.24, 2.45) is 0 Å². The first-order valence-corrected chi connectivity index (χ1v) is 6.97. The van der Waals surface area contributed by atoms with E-state index in [1.807, 2.05) is 18.2 Å². The molecule has 0 N–H and O–H groups in total. The van der Waals surface area contributed by atoms with Crippen molar-refractivity contribution in [1.29, 1.82) is 0 Å². The standard InChI is InChI=1S/C16H17N3O4/c1-20-13-7-12(8-14(21-2)16(13)22-3)23-9-11-5-4-6-15-17-10-18-19(11)15/h4-8,10H,9H2,1-3H3. The maximum atomic E-state index is 5.85. The SMILES string of the molecule is COc1cc(OCc2cccc3ncnn23)cc(OC)c1OC. The molecule has 0 bridgehead atoms. The molecule has 7 nitrogen and oxygen atoms in total. The quantitative estimate of drug-likeness (QED) is 0.695. The Bertz CT molecular complexity index is 791. The van der Waals surface area contributed by atoms with E-state index in [1.54, 1.807) is 38.0 Å². The maximum absolute atomic E-state index is 5.85. The molecule has 3 aromatic rings. The molecule has 23 heavy (non-hydrogen) atoms. The summed E-state index contributed by atoms with van der Waals surface area (Å²) in [5.74, 6) is 2.22. The number of methoxy groups -OCH3 is 3. The van der Waals surface area contributed by atoms with E-state index in [2.05, 4.69) is 10.1 Å². The Morgan fingerprint density at radius 2 is 1.74 bits per heavy atom. The number of hydrogen-bond acceptors (Lipinski definition) is 6. The molecular weight excluding hydrogens is 298 g/mol. The summed E-state index contributed by atoms with van der Waals surface area (Å²) in [6, 6.07) is 9.24. The molecule has 0 spiro atoms. The minimum absolute atomic E-state index is 0.333. The van der Waals surface area contributed by atoms with Crippen molar-refractivity contribution in [3.8, 4) is 23.0 Å². The number of aromatic nitrogens is 3. The van der Waals surface area contributed by atoms with Gasteiger partial charge in [-0.05, 0) is 12.1 Å². The minimum Gasteiger partial charge on any atom is -0.493 e. The molecule has 2 aromatic heterocycles. The summed E-state index contributed by atoms with van der Waals surface area (Å²) in [6.07, 6.45) is 1.51. The van der Waals surface area contributed by atoms with Gasteiger partial charge >= 0.3 is 0 Å². The molecule has 0 aliphatic heterocycles. The monoisotopic (exact) mass is 315 g/mol. The first kappa shape index (κ1) is 15.0. The van der Waals surface area contributed by atoms with Crippen molar-refractivity contribution in [3.63, 3.8) is 0 Å². The maximum Gasteiger partial charge on any atom is 0.203 e. The van der Waals surface area contributed by atoms with Crippen LogP contribution in [0.25, 0.3) is 5.65 Å². The van der Waals surface area contributed by atoms with Crippen molar-refractivity contribution in [2.75, 3.05) is 21.3 Å². The van der Waals surface area contributed by atoms with Crippen molar-refractivity contribution < 1.29 is 18.9 Å². The van der Waals surface area contributed by atoms with Crippen LogP contribution in [0.3, 0.4) is 0 Å². The highest BCUT2D eigenvalue weighted by Crippen LogP contribution is 2.40. The van der Waals surface area contributed by atoms with Gasteiger partial charge in [-0.15, -0.1) is 0 Å². The van der Waals surface area contributed by atoms with Crippen LogP contribution >= 0.6 is 0 Å². The third-order valence-electron chi connectivity index (χ3n) is 3.41. The number of pyridine rings is 1. The van der Waals surface area contributed by atoms with Crippen LogP contribution in [0.1, 0.15) is 5.69 Å². The number of rotatable bonds is 6. The smallest absolute Gasteiger partial charge is 0.203 e. The zero-order valence-electron chi connectivity index (χ0n) is 13.1. The van der Waals surface area contributed by atoms with Crippen molar-refractivity contribution >= 4 is 5.65 Å². The van der Waals surface area contributed by atoms with Gasteiger partial charge in [0.25, 0.3) is 0 Å². The Labute approximate surface area is 133 Å². The van der Waals surface area contributed by atoms with Gasteiger partial charge in [-0.1, -0.05) is 6.07 Å². The van der Waals surface area contributed by atoms with Gasteiger partial charge in [0.05, 0.1) is 27.0 Å². The fraction of sp³-hybridized carbons (Fsp3) is 0.250. The second-order valence-corrected chi connectivity index (χ2v) is 4.70. The molecule has 0 saturated heterocycles. The largest absolute Gasteiger partial charge is 0.493 e. The van der Waals surface area contributed by atoms with E-state index in [1.165, 1.54) is 6.33 Å². The Kier molecular flexibility index (Phi) is 4.18. The van der Waals surface area contributed by atoms with Crippen molar-refractivity contribution in [3.05, 3.63) is 42.4 Å². The molecule has 0 fully saturated rings. The van der Waals surface area contributed by atoms with Crippen LogP contribution in [0.2, 0.25) is 0 Å². The molecule has 0 atom stereocenters. The highest BCUT2D eigenvalue weighted by Gasteiger charge is 2.14. The Morgan fingerprint density at radius 1 is 1.00 bits per heavy atom. The lowest BCUT2D eigenvalue weighted by molar-refractivity contribution is 0.285. The molecule has 7 heteroatoms. The predicted molar refractivity (Wildman–Crippen MR) is 83.4 cm³/mol. The summed E-state index contributed by atoms with van der Waals surface area (Å²) in [6.45, 7) is 0.333. The summed E-state index contributed by atoms with van der Waals surface area (Å²) >= 11 is 0. The first-order chi connectivity index (χ1) is 11.3. The lowest BCUT2D eigenvalue weighted by atomic mass is 10.2. The van der Waals surface area contributed by atoms with Crippen LogP contribution in [-0.4, -0.2) is 35.9 Å². The summed E-state index contributed by atoms with van der Waals surface area (Å²) in [5, 5.41) is 4.18. The second kappa shape index (κ2) is 6.43. The highest BCUT2D eigenvalue weighted by atomic mass is 16.5. The van der Waals surface area contributed by atoms with Crippen LogP contribution in [0.5, 0.6) is 23.0 Å². The Balaban J connectivity index is 1.87. The number of fused-ring (bicyclic) bond motifs is 1. The Morgan fingerprint density at radius 3 is 2.39 bits per heavy atom. The van der Waals surface area contributed by atoms with E-state index in [0.717, 1.165) is 11.3 Å². The molecule has 0 aliphatic carbocycles. The fourth-order valence-electron chi connectivity index (χ4n) is 2.31. The van der Waals surface area contributed by atoms with Gasteiger partial charge in [0.15, 0.2) is 17.1 Å². The van der Waals surface area contributed by atoms with Gasteiger partial charge in [-0.2, -0.15) is 5.10 Å². The van der Waals surface area contributed by atoms with Gasteiger partial charge < -0.3 is 18.9 Å². The van der Waals surface area contributed by atoms with Crippen LogP contribution in [0.15, 0.2) is 36.7 Å². The van der Waals surface area contributed by atoms with Crippen LogP contribution in [0.4, 0.5) is 0 Å². The average molecular weight is 315 g/mol. The molecule has 120 valence electrons. The van der Waals surface area contributed by atoms with Gasteiger partial charge in [-0.3, -0.25) is 0 Å². The normalized spacial score (nSPS) is 10.6.